The van der Waals surface area contributed by atoms with Crippen molar-refractivity contribution in [3.63, 3.8) is 0 Å². The number of hydrogen-bond donors (Lipinski definition) is 1. The second-order valence-corrected chi connectivity index (χ2v) is 5.98. The quantitative estimate of drug-likeness (QED) is 0.772. The first-order chi connectivity index (χ1) is 7.84. The van der Waals surface area contributed by atoms with E-state index in [-0.39, 0.29) is 0 Å². The van der Waals surface area contributed by atoms with Crippen LogP contribution in [0, 0.1) is 6.92 Å². The summed E-state index contributed by atoms with van der Waals surface area (Å²) in [6, 6.07) is 8.64. The molecule has 2 rings (SSSR count). The van der Waals surface area contributed by atoms with Gasteiger partial charge in [0.15, 0.2) is 0 Å². The van der Waals surface area contributed by atoms with Gasteiger partial charge in [0.2, 0.25) is 0 Å². The fraction of sp³-hybridized carbons (Fsp3) is 0.571. The molecule has 0 aromatic heterocycles. The van der Waals surface area contributed by atoms with E-state index >= 15 is 0 Å². The molecule has 0 heterocycles. The molecule has 0 atom stereocenters. The highest BCUT2D eigenvalue weighted by Crippen LogP contribution is 2.29. The predicted octanol–water partition coefficient (Wildman–Crippen LogP) is 4.08. The van der Waals surface area contributed by atoms with Crippen LogP contribution in [0.25, 0.3) is 0 Å². The Hall–Kier alpha value is -0.630. The molecular formula is C14H21NS. The Kier molecular flexibility index (Phi) is 4.58. The van der Waals surface area contributed by atoms with Crippen LogP contribution in [0.3, 0.4) is 0 Å². The molecule has 1 saturated carbocycles. The molecular weight excluding hydrogens is 214 g/mol. The zero-order valence-corrected chi connectivity index (χ0v) is 10.9. The third-order valence-electron chi connectivity index (χ3n) is 3.14. The Morgan fingerprint density at radius 2 is 1.88 bits per heavy atom. The zero-order chi connectivity index (χ0) is 11.2. The molecule has 1 aliphatic carbocycles. The highest BCUT2D eigenvalue weighted by Gasteiger charge is 2.14. The lowest BCUT2D eigenvalue weighted by Crippen LogP contribution is -2.06. The predicted molar refractivity (Wildman–Crippen MR) is 74.4 cm³/mol. The first-order valence-corrected chi connectivity index (χ1v) is 7.31. The van der Waals surface area contributed by atoms with Gasteiger partial charge in [0, 0.05) is 23.2 Å². The molecule has 0 spiro atoms. The van der Waals surface area contributed by atoms with Crippen molar-refractivity contribution < 1.29 is 0 Å². The third-order valence-corrected chi connectivity index (χ3v) is 4.52. The van der Waals surface area contributed by atoms with Crippen LogP contribution in [-0.2, 0) is 0 Å². The summed E-state index contributed by atoms with van der Waals surface area (Å²) in [4.78, 5) is 0. The van der Waals surface area contributed by atoms with E-state index in [0.29, 0.717) is 0 Å². The van der Waals surface area contributed by atoms with E-state index in [9.17, 15) is 0 Å². The lowest BCUT2D eigenvalue weighted by Gasteiger charge is -2.10. The van der Waals surface area contributed by atoms with Crippen molar-refractivity contribution in [1.82, 2.24) is 0 Å². The van der Waals surface area contributed by atoms with Crippen molar-refractivity contribution in [2.24, 2.45) is 0 Å². The molecule has 1 aromatic carbocycles. The van der Waals surface area contributed by atoms with Crippen LogP contribution in [-0.4, -0.2) is 17.5 Å². The third kappa shape index (κ3) is 3.75. The number of benzene rings is 1. The van der Waals surface area contributed by atoms with Crippen molar-refractivity contribution in [2.45, 2.75) is 37.9 Å². The van der Waals surface area contributed by atoms with E-state index in [1.165, 1.54) is 42.7 Å². The average molecular weight is 235 g/mol. The monoisotopic (exact) mass is 235 g/mol. The van der Waals surface area contributed by atoms with Crippen LogP contribution in [0.1, 0.15) is 31.2 Å². The molecule has 0 amide bonds. The molecule has 0 saturated heterocycles. The summed E-state index contributed by atoms with van der Waals surface area (Å²) in [7, 11) is 0. The Balaban J connectivity index is 1.62. The summed E-state index contributed by atoms with van der Waals surface area (Å²) in [5.74, 6) is 1.23. The summed E-state index contributed by atoms with van der Waals surface area (Å²) in [5, 5.41) is 4.42. The number of rotatable bonds is 5. The first kappa shape index (κ1) is 11.8. The number of hydrogen-bond acceptors (Lipinski definition) is 2. The first-order valence-electron chi connectivity index (χ1n) is 6.27. The van der Waals surface area contributed by atoms with Gasteiger partial charge in [-0.25, -0.2) is 0 Å². The molecule has 0 aliphatic heterocycles. The average Bonchev–Trinajstić information content (AvgIpc) is 2.80. The Labute approximate surface area is 103 Å². The number of aryl methyl sites for hydroxylation is 1. The van der Waals surface area contributed by atoms with Crippen LogP contribution in [0.15, 0.2) is 24.3 Å². The molecule has 0 bridgehead atoms. The minimum atomic E-state index is 0.944. The lowest BCUT2D eigenvalue weighted by atomic mass is 10.2. The summed E-state index contributed by atoms with van der Waals surface area (Å²) in [6.07, 6.45) is 5.77. The highest BCUT2D eigenvalue weighted by atomic mass is 32.2. The van der Waals surface area contributed by atoms with Gasteiger partial charge < -0.3 is 5.32 Å². The second kappa shape index (κ2) is 6.19. The number of anilines is 1. The Morgan fingerprint density at radius 1 is 1.19 bits per heavy atom. The van der Waals surface area contributed by atoms with Gasteiger partial charge in [0.1, 0.15) is 0 Å². The van der Waals surface area contributed by atoms with E-state index in [1.54, 1.807) is 0 Å². The molecule has 1 N–H and O–H groups in total. The number of nitrogens with one attached hydrogen (secondary N) is 1. The molecule has 16 heavy (non-hydrogen) atoms. The second-order valence-electron chi connectivity index (χ2n) is 4.57. The largest absolute Gasteiger partial charge is 0.384 e. The van der Waals surface area contributed by atoms with Crippen molar-refractivity contribution in [3.8, 4) is 0 Å². The maximum Gasteiger partial charge on any atom is 0.0340 e. The van der Waals surface area contributed by atoms with E-state index in [0.717, 1.165) is 11.8 Å². The normalized spacial score (nSPS) is 16.6. The van der Waals surface area contributed by atoms with Gasteiger partial charge in [-0.1, -0.05) is 30.5 Å². The summed E-state index contributed by atoms with van der Waals surface area (Å²) in [6.45, 7) is 3.21. The van der Waals surface area contributed by atoms with Gasteiger partial charge in [-0.15, -0.1) is 0 Å². The smallest absolute Gasteiger partial charge is 0.0340 e. The van der Waals surface area contributed by atoms with Crippen LogP contribution in [0.4, 0.5) is 5.69 Å². The minimum absolute atomic E-state index is 0.944. The maximum absolute atomic E-state index is 3.47. The van der Waals surface area contributed by atoms with Crippen LogP contribution < -0.4 is 5.32 Å². The molecule has 1 nitrogen and oxygen atoms in total. The van der Waals surface area contributed by atoms with Crippen molar-refractivity contribution in [1.29, 1.82) is 0 Å². The van der Waals surface area contributed by atoms with Gasteiger partial charge in [0.25, 0.3) is 0 Å². The van der Waals surface area contributed by atoms with Crippen LogP contribution in [0.2, 0.25) is 0 Å². The highest BCUT2D eigenvalue weighted by molar-refractivity contribution is 7.99. The van der Waals surface area contributed by atoms with Gasteiger partial charge in [-0.05, 0) is 31.9 Å². The molecule has 1 fully saturated rings. The summed E-state index contributed by atoms with van der Waals surface area (Å²) >= 11 is 2.14. The maximum atomic E-state index is 3.47. The lowest BCUT2D eigenvalue weighted by molar-refractivity contribution is 0.886. The van der Waals surface area contributed by atoms with E-state index in [2.05, 4.69) is 48.3 Å². The van der Waals surface area contributed by atoms with Crippen LogP contribution >= 0.6 is 11.8 Å². The van der Waals surface area contributed by atoms with Crippen LogP contribution in [0.5, 0.6) is 0 Å². The van der Waals surface area contributed by atoms with Gasteiger partial charge in [-0.2, -0.15) is 11.8 Å². The van der Waals surface area contributed by atoms with E-state index < -0.39 is 0 Å². The molecule has 0 radical (unpaired) electrons. The van der Waals surface area contributed by atoms with Gasteiger partial charge in [-0.3, -0.25) is 0 Å². The van der Waals surface area contributed by atoms with Crippen molar-refractivity contribution in [3.05, 3.63) is 29.8 Å². The van der Waals surface area contributed by atoms with Crippen molar-refractivity contribution in [2.75, 3.05) is 17.6 Å². The van der Waals surface area contributed by atoms with E-state index in [4.69, 9.17) is 0 Å². The standard InChI is InChI=1S/C14H21NS/c1-12-6-8-13(9-7-12)15-10-11-16-14-4-2-3-5-14/h6-9,14-15H,2-5,10-11H2,1H3. The fourth-order valence-electron chi connectivity index (χ4n) is 2.15. The van der Waals surface area contributed by atoms with Crippen molar-refractivity contribution >= 4 is 17.4 Å². The topological polar surface area (TPSA) is 12.0 Å². The SMILES string of the molecule is Cc1ccc(NCCSC2CCCC2)cc1. The number of thioether (sulfide) groups is 1. The molecule has 1 aliphatic rings. The van der Waals surface area contributed by atoms with Gasteiger partial charge in [0.05, 0.1) is 0 Å². The molecule has 88 valence electrons. The fourth-order valence-corrected chi connectivity index (χ4v) is 3.37. The minimum Gasteiger partial charge on any atom is -0.384 e. The Bertz CT molecular complexity index is 301. The zero-order valence-electron chi connectivity index (χ0n) is 10.0. The summed E-state index contributed by atoms with van der Waals surface area (Å²) in [5.41, 5.74) is 2.57. The molecule has 1 aromatic rings. The van der Waals surface area contributed by atoms with Gasteiger partial charge >= 0.3 is 0 Å². The van der Waals surface area contributed by atoms with E-state index in [1.807, 2.05) is 0 Å². The summed E-state index contributed by atoms with van der Waals surface area (Å²) < 4.78 is 0. The molecule has 0 unspecified atom stereocenters. The Morgan fingerprint density at radius 3 is 2.56 bits per heavy atom. The molecule has 2 heteroatoms.